The van der Waals surface area contributed by atoms with Crippen LogP contribution in [0.1, 0.15) is 26.7 Å². The van der Waals surface area contributed by atoms with Crippen molar-refractivity contribution in [1.29, 1.82) is 0 Å². The minimum Gasteiger partial charge on any atom is -0.368 e. The number of aromatic nitrogens is 2. The van der Waals surface area contributed by atoms with Gasteiger partial charge in [-0.2, -0.15) is 5.10 Å². The summed E-state index contributed by atoms with van der Waals surface area (Å²) in [5.74, 6) is 0.928. The van der Waals surface area contributed by atoms with Crippen LogP contribution in [-0.2, 0) is 7.05 Å². The van der Waals surface area contributed by atoms with Crippen molar-refractivity contribution in [3.8, 4) is 0 Å². The number of aryl methyl sites for hydroxylation is 1. The molecule has 1 rings (SSSR count). The topological polar surface area (TPSA) is 55.9 Å². The lowest BCUT2D eigenvalue weighted by Gasteiger charge is -2.30. The van der Waals surface area contributed by atoms with Gasteiger partial charge in [-0.3, -0.25) is 4.68 Å². The van der Waals surface area contributed by atoms with Crippen molar-refractivity contribution in [2.45, 2.75) is 26.7 Å². The van der Waals surface area contributed by atoms with Crippen LogP contribution in [0.2, 0.25) is 0 Å². The molecule has 1 heterocycles. The van der Waals surface area contributed by atoms with Gasteiger partial charge in [0.05, 0.1) is 0 Å². The molecule has 0 aromatic carbocycles. The van der Waals surface area contributed by atoms with Gasteiger partial charge in [-0.15, -0.1) is 0 Å². The molecule has 0 saturated carbocycles. The summed E-state index contributed by atoms with van der Waals surface area (Å²) in [6.45, 7) is 6.00. The van der Waals surface area contributed by atoms with E-state index in [-0.39, 0.29) is 5.41 Å². The SMILES string of the molecule is CCC(CC)(CN)CNc1ccn(C)n1. The summed E-state index contributed by atoms with van der Waals surface area (Å²) < 4.78 is 1.80. The van der Waals surface area contributed by atoms with Crippen molar-refractivity contribution in [1.82, 2.24) is 9.78 Å². The van der Waals surface area contributed by atoms with Crippen molar-refractivity contribution >= 4 is 5.82 Å². The number of hydrogen-bond donors (Lipinski definition) is 2. The van der Waals surface area contributed by atoms with Crippen molar-refractivity contribution in [2.75, 3.05) is 18.4 Å². The lowest BCUT2D eigenvalue weighted by atomic mass is 9.82. The molecule has 0 aliphatic heterocycles. The highest BCUT2D eigenvalue weighted by Crippen LogP contribution is 2.24. The zero-order chi connectivity index (χ0) is 11.3. The zero-order valence-corrected chi connectivity index (χ0v) is 9.95. The van der Waals surface area contributed by atoms with Crippen molar-refractivity contribution < 1.29 is 0 Å². The third-order valence-corrected chi connectivity index (χ3v) is 3.29. The van der Waals surface area contributed by atoms with Crippen molar-refractivity contribution in [2.24, 2.45) is 18.2 Å². The van der Waals surface area contributed by atoms with Crippen LogP contribution < -0.4 is 11.1 Å². The number of anilines is 1. The molecule has 3 N–H and O–H groups in total. The normalized spacial score (nSPS) is 11.7. The molecule has 1 aromatic rings. The van der Waals surface area contributed by atoms with Crippen LogP contribution in [0, 0.1) is 5.41 Å². The predicted molar refractivity (Wildman–Crippen MR) is 63.8 cm³/mol. The summed E-state index contributed by atoms with van der Waals surface area (Å²) in [6, 6.07) is 1.98. The van der Waals surface area contributed by atoms with Gasteiger partial charge >= 0.3 is 0 Å². The van der Waals surface area contributed by atoms with Gasteiger partial charge in [-0.05, 0) is 24.8 Å². The van der Waals surface area contributed by atoms with E-state index in [2.05, 4.69) is 24.3 Å². The van der Waals surface area contributed by atoms with Gasteiger partial charge in [0.1, 0.15) is 5.82 Å². The highest BCUT2D eigenvalue weighted by atomic mass is 15.3. The lowest BCUT2D eigenvalue weighted by Crippen LogP contribution is -2.36. The Kier molecular flexibility index (Phi) is 4.15. The van der Waals surface area contributed by atoms with Crippen LogP contribution in [0.3, 0.4) is 0 Å². The first kappa shape index (κ1) is 12.0. The Balaban J connectivity index is 2.54. The number of nitrogens with two attached hydrogens (primary N) is 1. The molecule has 0 fully saturated rings. The van der Waals surface area contributed by atoms with Crippen LogP contribution in [0.5, 0.6) is 0 Å². The van der Waals surface area contributed by atoms with Gasteiger partial charge in [0.2, 0.25) is 0 Å². The maximum Gasteiger partial charge on any atom is 0.147 e. The molecule has 0 radical (unpaired) electrons. The Labute approximate surface area is 91.8 Å². The van der Waals surface area contributed by atoms with Gasteiger partial charge in [-0.1, -0.05) is 13.8 Å². The molecule has 86 valence electrons. The Bertz CT molecular complexity index is 280. The van der Waals surface area contributed by atoms with E-state index in [4.69, 9.17) is 5.73 Å². The molecule has 0 spiro atoms. The fourth-order valence-corrected chi connectivity index (χ4v) is 1.65. The van der Waals surface area contributed by atoms with Crippen LogP contribution >= 0.6 is 0 Å². The maximum atomic E-state index is 5.83. The van der Waals surface area contributed by atoms with E-state index in [9.17, 15) is 0 Å². The largest absolute Gasteiger partial charge is 0.368 e. The van der Waals surface area contributed by atoms with E-state index in [1.54, 1.807) is 4.68 Å². The first-order valence-corrected chi connectivity index (χ1v) is 5.59. The van der Waals surface area contributed by atoms with E-state index in [0.717, 1.165) is 31.7 Å². The number of nitrogens with zero attached hydrogens (tertiary/aromatic N) is 2. The number of hydrogen-bond acceptors (Lipinski definition) is 3. The minimum absolute atomic E-state index is 0.206. The Morgan fingerprint density at radius 1 is 1.47 bits per heavy atom. The molecule has 0 aliphatic carbocycles. The van der Waals surface area contributed by atoms with Crippen LogP contribution in [0.4, 0.5) is 5.82 Å². The molecule has 0 amide bonds. The first-order chi connectivity index (χ1) is 7.15. The summed E-state index contributed by atoms with van der Waals surface area (Å²) >= 11 is 0. The molecular formula is C11H22N4. The highest BCUT2D eigenvalue weighted by Gasteiger charge is 2.24. The second-order valence-corrected chi connectivity index (χ2v) is 4.14. The second kappa shape index (κ2) is 5.16. The van der Waals surface area contributed by atoms with E-state index >= 15 is 0 Å². The Hall–Kier alpha value is -1.03. The zero-order valence-electron chi connectivity index (χ0n) is 9.95. The highest BCUT2D eigenvalue weighted by molar-refractivity contribution is 5.32. The van der Waals surface area contributed by atoms with E-state index < -0.39 is 0 Å². The average molecular weight is 210 g/mol. The second-order valence-electron chi connectivity index (χ2n) is 4.14. The van der Waals surface area contributed by atoms with Crippen molar-refractivity contribution in [3.05, 3.63) is 12.3 Å². The van der Waals surface area contributed by atoms with Crippen LogP contribution in [-0.4, -0.2) is 22.9 Å². The third kappa shape index (κ3) is 2.96. The summed E-state index contributed by atoms with van der Waals surface area (Å²) in [5, 5.41) is 7.63. The summed E-state index contributed by atoms with van der Waals surface area (Å²) in [5.41, 5.74) is 6.04. The standard InChI is InChI=1S/C11H22N4/c1-4-11(5-2,8-12)9-13-10-6-7-15(3)14-10/h6-7H,4-5,8-9,12H2,1-3H3,(H,13,14). The van der Waals surface area contributed by atoms with E-state index in [1.165, 1.54) is 0 Å². The summed E-state index contributed by atoms with van der Waals surface area (Å²) in [7, 11) is 1.92. The lowest BCUT2D eigenvalue weighted by molar-refractivity contribution is 0.294. The van der Waals surface area contributed by atoms with E-state index in [0.29, 0.717) is 0 Å². The molecule has 0 aliphatic rings. The fraction of sp³-hybridized carbons (Fsp3) is 0.727. The maximum absolute atomic E-state index is 5.83. The molecule has 15 heavy (non-hydrogen) atoms. The molecular weight excluding hydrogens is 188 g/mol. The number of nitrogens with one attached hydrogen (secondary N) is 1. The van der Waals surface area contributed by atoms with Gasteiger partial charge in [0.25, 0.3) is 0 Å². The van der Waals surface area contributed by atoms with Crippen molar-refractivity contribution in [3.63, 3.8) is 0 Å². The monoisotopic (exact) mass is 210 g/mol. The summed E-state index contributed by atoms with van der Waals surface area (Å²) in [4.78, 5) is 0. The Morgan fingerprint density at radius 3 is 2.53 bits per heavy atom. The fourth-order valence-electron chi connectivity index (χ4n) is 1.65. The van der Waals surface area contributed by atoms with Gasteiger partial charge in [0.15, 0.2) is 0 Å². The minimum atomic E-state index is 0.206. The quantitative estimate of drug-likeness (QED) is 0.750. The van der Waals surface area contributed by atoms with Gasteiger partial charge in [0, 0.05) is 25.9 Å². The molecule has 4 heteroatoms. The molecule has 0 saturated heterocycles. The smallest absolute Gasteiger partial charge is 0.147 e. The summed E-state index contributed by atoms with van der Waals surface area (Å²) in [6.07, 6.45) is 4.13. The van der Waals surface area contributed by atoms with Gasteiger partial charge in [-0.25, -0.2) is 0 Å². The van der Waals surface area contributed by atoms with Crippen LogP contribution in [0.15, 0.2) is 12.3 Å². The molecule has 0 atom stereocenters. The number of rotatable bonds is 6. The first-order valence-electron chi connectivity index (χ1n) is 5.59. The van der Waals surface area contributed by atoms with E-state index in [1.807, 2.05) is 19.3 Å². The van der Waals surface area contributed by atoms with Crippen LogP contribution in [0.25, 0.3) is 0 Å². The predicted octanol–water partition coefficient (Wildman–Crippen LogP) is 1.60. The Morgan fingerprint density at radius 2 is 2.13 bits per heavy atom. The average Bonchev–Trinajstić information content (AvgIpc) is 2.67. The molecule has 1 aromatic heterocycles. The van der Waals surface area contributed by atoms with Gasteiger partial charge < -0.3 is 11.1 Å². The molecule has 0 unspecified atom stereocenters. The molecule has 4 nitrogen and oxygen atoms in total. The molecule has 0 bridgehead atoms. The third-order valence-electron chi connectivity index (χ3n) is 3.29.